The Labute approximate surface area is 305 Å². The van der Waals surface area contributed by atoms with E-state index in [1.165, 1.54) is 6.08 Å². The highest BCUT2D eigenvalue weighted by Gasteiger charge is 2.25. The molecule has 0 unspecified atom stereocenters. The second-order valence-electron chi connectivity index (χ2n) is 14.3. The number of nitriles is 1. The number of aliphatic carboxylic acids is 1. The van der Waals surface area contributed by atoms with Crippen molar-refractivity contribution in [3.05, 3.63) is 117 Å². The number of aromatic nitrogens is 3. The van der Waals surface area contributed by atoms with Crippen LogP contribution in [0.4, 0.5) is 5.69 Å². The van der Waals surface area contributed by atoms with Gasteiger partial charge in [0.15, 0.2) is 17.5 Å². The summed E-state index contributed by atoms with van der Waals surface area (Å²) in [4.78, 5) is 41.0. The van der Waals surface area contributed by atoms with Crippen LogP contribution in [0, 0.1) is 39.0 Å². The fourth-order valence-electron chi connectivity index (χ4n) is 6.11. The van der Waals surface area contributed by atoms with Crippen molar-refractivity contribution < 1.29 is 19.8 Å². The number of aromatic hydroxyl groups is 1. The van der Waals surface area contributed by atoms with Crippen LogP contribution in [0.3, 0.4) is 0 Å². The number of carbonyl (C=O) groups excluding carboxylic acids is 1. The summed E-state index contributed by atoms with van der Waals surface area (Å²) in [6.45, 7) is 14.2. The molecule has 264 valence electrons. The minimum Gasteiger partial charge on any atom is -0.507 e. The predicted molar refractivity (Wildman–Crippen MR) is 205 cm³/mol. The maximum Gasteiger partial charge on any atom is 0.346 e. The van der Waals surface area contributed by atoms with Crippen LogP contribution < -0.4 is 4.90 Å². The lowest BCUT2D eigenvalue weighted by Gasteiger charge is -2.24. The fourth-order valence-corrected chi connectivity index (χ4v) is 6.11. The van der Waals surface area contributed by atoms with Crippen molar-refractivity contribution >= 4 is 23.6 Å². The van der Waals surface area contributed by atoms with Crippen molar-refractivity contribution in [3.63, 3.8) is 0 Å². The van der Waals surface area contributed by atoms with Gasteiger partial charge in [-0.3, -0.25) is 4.79 Å². The fraction of sp³-hybridized carbons (Fsp3) is 0.256. The largest absolute Gasteiger partial charge is 0.507 e. The normalized spacial score (nSPS) is 11.6. The number of hydrogen-bond donors (Lipinski definition) is 2. The molecule has 0 fully saturated rings. The van der Waals surface area contributed by atoms with Gasteiger partial charge in [0.05, 0.1) is 5.56 Å². The van der Waals surface area contributed by atoms with E-state index in [2.05, 4.69) is 12.1 Å². The van der Waals surface area contributed by atoms with Crippen LogP contribution >= 0.6 is 0 Å². The van der Waals surface area contributed by atoms with Crippen LogP contribution in [0.25, 0.3) is 40.2 Å². The van der Waals surface area contributed by atoms with Gasteiger partial charge < -0.3 is 15.1 Å². The van der Waals surface area contributed by atoms with E-state index in [-0.39, 0.29) is 23.7 Å². The average molecular weight is 694 g/mol. The van der Waals surface area contributed by atoms with Crippen LogP contribution in [0.5, 0.6) is 5.75 Å². The van der Waals surface area contributed by atoms with Gasteiger partial charge in [-0.05, 0) is 86.1 Å². The number of carboxylic acid groups (broad SMARTS) is 1. The molecule has 0 radical (unpaired) electrons. The zero-order chi connectivity index (χ0) is 37.9. The topological polar surface area (TPSA) is 140 Å². The van der Waals surface area contributed by atoms with E-state index in [1.54, 1.807) is 42.3 Å². The molecule has 9 heteroatoms. The number of phenols is 1. The molecule has 1 amide bonds. The summed E-state index contributed by atoms with van der Waals surface area (Å²) in [5.41, 5.74) is 8.43. The first-order valence-electron chi connectivity index (χ1n) is 17.1. The summed E-state index contributed by atoms with van der Waals surface area (Å²) in [7, 11) is 1.68. The highest BCUT2D eigenvalue weighted by molar-refractivity contribution is 5.97. The number of rotatable bonds is 9. The number of amides is 1. The summed E-state index contributed by atoms with van der Waals surface area (Å²) >= 11 is 0. The molecule has 1 heterocycles. The second kappa shape index (κ2) is 15.0. The van der Waals surface area contributed by atoms with E-state index in [0.717, 1.165) is 38.9 Å². The average Bonchev–Trinajstić information content (AvgIpc) is 3.09. The number of carboxylic acids is 1. The molecule has 0 saturated carbocycles. The number of aryl methyl sites for hydroxylation is 5. The SMILES string of the molecule is Cc1ccc(-c2nc(-c3ccc(C)cc3C)nc(-c3cc(CCC(=O)N(C)c4ccc(C=C(C#N)C(=O)O)cc4)cc(C(C)(C)C)c3O)n2)c(C)c1. The summed E-state index contributed by atoms with van der Waals surface area (Å²) < 4.78 is 0. The third kappa shape index (κ3) is 8.24. The summed E-state index contributed by atoms with van der Waals surface area (Å²) in [5.74, 6) is -0.00206. The highest BCUT2D eigenvalue weighted by Crippen LogP contribution is 2.40. The Morgan fingerprint density at radius 3 is 1.77 bits per heavy atom. The molecule has 2 N–H and O–H groups in total. The molecule has 0 aliphatic heterocycles. The van der Waals surface area contributed by atoms with Crippen molar-refractivity contribution in [1.82, 2.24) is 15.0 Å². The summed E-state index contributed by atoms with van der Waals surface area (Å²) in [6, 6.07) is 24.5. The van der Waals surface area contributed by atoms with Gasteiger partial charge in [-0.25, -0.2) is 19.7 Å². The number of benzene rings is 4. The number of phenolic OH excluding ortho intramolecular Hbond substituents is 1. The van der Waals surface area contributed by atoms with Gasteiger partial charge in [0, 0.05) is 35.8 Å². The summed E-state index contributed by atoms with van der Waals surface area (Å²) in [5, 5.41) is 30.0. The molecule has 5 rings (SSSR count). The first-order chi connectivity index (χ1) is 24.5. The third-order valence-corrected chi connectivity index (χ3v) is 9.04. The van der Waals surface area contributed by atoms with E-state index >= 15 is 0 Å². The van der Waals surface area contributed by atoms with Crippen LogP contribution in [0.15, 0.2) is 78.4 Å². The van der Waals surface area contributed by atoms with Gasteiger partial charge in [0.1, 0.15) is 17.4 Å². The van der Waals surface area contributed by atoms with E-state index in [1.807, 2.05) is 84.9 Å². The Balaban J connectivity index is 1.53. The van der Waals surface area contributed by atoms with Gasteiger partial charge in [0.25, 0.3) is 0 Å². The number of hydrogen-bond acceptors (Lipinski definition) is 7. The quantitative estimate of drug-likeness (QED) is 0.115. The van der Waals surface area contributed by atoms with Crippen molar-refractivity contribution in [2.45, 2.75) is 66.7 Å². The maximum absolute atomic E-state index is 13.4. The van der Waals surface area contributed by atoms with Crippen LogP contribution in [0.1, 0.15) is 66.1 Å². The van der Waals surface area contributed by atoms with Crippen molar-refractivity contribution in [2.24, 2.45) is 0 Å². The Bertz CT molecular complexity index is 2190. The first-order valence-corrected chi connectivity index (χ1v) is 17.1. The number of carbonyl (C=O) groups is 2. The lowest BCUT2D eigenvalue weighted by Crippen LogP contribution is -2.26. The molecule has 0 bridgehead atoms. The molecule has 0 saturated heterocycles. The lowest BCUT2D eigenvalue weighted by molar-refractivity contribution is -0.132. The van der Waals surface area contributed by atoms with Gasteiger partial charge >= 0.3 is 5.97 Å². The molecule has 0 aliphatic carbocycles. The Kier molecular flexibility index (Phi) is 10.7. The zero-order valence-corrected chi connectivity index (χ0v) is 30.9. The molecule has 1 aromatic heterocycles. The molecule has 0 aliphatic rings. The molecule has 0 spiro atoms. The molecule has 5 aromatic rings. The number of anilines is 1. The van der Waals surface area contributed by atoms with Crippen LogP contribution in [0.2, 0.25) is 0 Å². The molecular formula is C43H43N5O4. The standard InChI is InChI=1S/C43H43N5O4/c1-25-9-16-33(27(3)19-25)39-45-40(34-17-10-26(2)20-28(34)4)47-41(46-39)35-22-30(23-36(38(35)50)43(5,6)7)13-18-37(49)48(8)32-14-11-29(12-15-32)21-31(24-44)42(51)52/h9-12,14-17,19-23,50H,13,18H2,1-8H3,(H,51,52). The zero-order valence-electron chi connectivity index (χ0n) is 30.9. The van der Waals surface area contributed by atoms with Crippen molar-refractivity contribution in [3.8, 4) is 46.0 Å². The minimum absolute atomic E-state index is 0.0839. The van der Waals surface area contributed by atoms with Crippen LogP contribution in [-0.4, -0.2) is 44.1 Å². The first kappa shape index (κ1) is 37.1. The van der Waals surface area contributed by atoms with E-state index < -0.39 is 11.4 Å². The van der Waals surface area contributed by atoms with Gasteiger partial charge in [0.2, 0.25) is 5.91 Å². The van der Waals surface area contributed by atoms with Crippen molar-refractivity contribution in [1.29, 1.82) is 5.26 Å². The van der Waals surface area contributed by atoms with E-state index in [9.17, 15) is 14.7 Å². The van der Waals surface area contributed by atoms with E-state index in [0.29, 0.717) is 46.3 Å². The molecule has 4 aromatic carbocycles. The van der Waals surface area contributed by atoms with Gasteiger partial charge in [-0.15, -0.1) is 0 Å². The Morgan fingerprint density at radius 2 is 1.31 bits per heavy atom. The third-order valence-electron chi connectivity index (χ3n) is 9.04. The van der Waals surface area contributed by atoms with E-state index in [4.69, 9.17) is 25.3 Å². The van der Waals surface area contributed by atoms with Crippen molar-refractivity contribution in [2.75, 3.05) is 11.9 Å². The molecule has 0 atom stereocenters. The second-order valence-corrected chi connectivity index (χ2v) is 14.3. The monoisotopic (exact) mass is 693 g/mol. The smallest absolute Gasteiger partial charge is 0.346 e. The van der Waals surface area contributed by atoms with Gasteiger partial charge in [-0.2, -0.15) is 5.26 Å². The number of nitrogens with zero attached hydrogens (tertiary/aromatic N) is 5. The Morgan fingerprint density at radius 1 is 0.788 bits per heavy atom. The molecular weight excluding hydrogens is 651 g/mol. The lowest BCUT2D eigenvalue weighted by atomic mass is 9.83. The highest BCUT2D eigenvalue weighted by atomic mass is 16.4. The van der Waals surface area contributed by atoms with Gasteiger partial charge in [-0.1, -0.05) is 86.5 Å². The maximum atomic E-state index is 13.4. The minimum atomic E-state index is -1.30. The molecule has 52 heavy (non-hydrogen) atoms. The Hall–Kier alpha value is -6.14. The molecule has 9 nitrogen and oxygen atoms in total. The van der Waals surface area contributed by atoms with Crippen LogP contribution in [-0.2, 0) is 21.4 Å². The predicted octanol–water partition coefficient (Wildman–Crippen LogP) is 8.70. The summed E-state index contributed by atoms with van der Waals surface area (Å²) in [6.07, 6.45) is 1.86.